The quantitative estimate of drug-likeness (QED) is 0.677. The fourth-order valence-electron chi connectivity index (χ4n) is 1.58. The molecule has 0 unspecified atom stereocenters. The maximum atomic E-state index is 5.95. The molecule has 2 rings (SSSR count). The summed E-state index contributed by atoms with van der Waals surface area (Å²) in [7, 11) is 1.66. The Morgan fingerprint density at radius 3 is 2.89 bits per heavy atom. The van der Waals surface area contributed by atoms with E-state index in [2.05, 4.69) is 18.0 Å². The van der Waals surface area contributed by atoms with Crippen molar-refractivity contribution in [3.8, 4) is 5.75 Å². The third kappa shape index (κ3) is 2.96. The second kappa shape index (κ2) is 5.78. The van der Waals surface area contributed by atoms with Gasteiger partial charge in [0, 0.05) is 22.5 Å². The van der Waals surface area contributed by atoms with Crippen molar-refractivity contribution in [3.63, 3.8) is 0 Å². The molecule has 0 amide bonds. The van der Waals surface area contributed by atoms with Gasteiger partial charge in [-0.3, -0.25) is 4.98 Å². The predicted molar refractivity (Wildman–Crippen MR) is 75.9 cm³/mol. The number of nitrogens with two attached hydrogens (primary N) is 1. The van der Waals surface area contributed by atoms with Gasteiger partial charge in [-0.2, -0.15) is 0 Å². The van der Waals surface area contributed by atoms with Crippen molar-refractivity contribution in [3.05, 3.63) is 47.8 Å². The maximum absolute atomic E-state index is 5.95. The van der Waals surface area contributed by atoms with Crippen molar-refractivity contribution < 1.29 is 4.74 Å². The highest BCUT2D eigenvalue weighted by Crippen LogP contribution is 2.31. The molecule has 94 valence electrons. The Hall–Kier alpha value is -1.68. The smallest absolute Gasteiger partial charge is 0.120 e. The molecule has 0 spiro atoms. The van der Waals surface area contributed by atoms with Crippen LogP contribution < -0.4 is 10.5 Å². The van der Waals surface area contributed by atoms with Crippen LogP contribution in [0, 0.1) is 6.92 Å². The third-order valence-corrected chi connectivity index (χ3v) is 3.79. The van der Waals surface area contributed by atoms with Gasteiger partial charge in [0.2, 0.25) is 0 Å². The van der Waals surface area contributed by atoms with Gasteiger partial charge in [-0.05, 0) is 36.8 Å². The predicted octanol–water partition coefficient (Wildman–Crippen LogP) is 3.27. The molecule has 1 aromatic carbocycles. The van der Waals surface area contributed by atoms with Gasteiger partial charge in [0.15, 0.2) is 0 Å². The summed E-state index contributed by atoms with van der Waals surface area (Å²) in [5, 5.41) is 0. The molecule has 3 nitrogen and oxygen atoms in total. The second-order valence-electron chi connectivity index (χ2n) is 3.96. The maximum Gasteiger partial charge on any atom is 0.120 e. The number of hydrogen-bond donors (Lipinski definition) is 1. The van der Waals surface area contributed by atoms with Crippen molar-refractivity contribution in [2.75, 3.05) is 12.8 Å². The Labute approximate surface area is 111 Å². The molecule has 1 heterocycles. The van der Waals surface area contributed by atoms with Crippen molar-refractivity contribution in [2.24, 2.45) is 0 Å². The van der Waals surface area contributed by atoms with Crippen LogP contribution in [0.3, 0.4) is 0 Å². The van der Waals surface area contributed by atoms with E-state index in [1.54, 1.807) is 18.9 Å². The number of aryl methyl sites for hydroxylation is 1. The highest BCUT2D eigenvalue weighted by molar-refractivity contribution is 7.98. The lowest BCUT2D eigenvalue weighted by Crippen LogP contribution is -1.93. The number of ether oxygens (including phenoxy) is 1. The Morgan fingerprint density at radius 1 is 1.33 bits per heavy atom. The lowest BCUT2D eigenvalue weighted by atomic mass is 10.2. The molecule has 4 heteroatoms. The van der Waals surface area contributed by atoms with E-state index in [9.17, 15) is 0 Å². The van der Waals surface area contributed by atoms with Gasteiger partial charge in [-0.1, -0.05) is 6.07 Å². The summed E-state index contributed by atoms with van der Waals surface area (Å²) in [6.07, 6.45) is 1.82. The summed E-state index contributed by atoms with van der Waals surface area (Å²) >= 11 is 1.68. The third-order valence-electron chi connectivity index (χ3n) is 2.70. The molecule has 0 saturated carbocycles. The zero-order valence-electron chi connectivity index (χ0n) is 10.5. The van der Waals surface area contributed by atoms with Gasteiger partial charge in [0.1, 0.15) is 5.75 Å². The van der Waals surface area contributed by atoms with Gasteiger partial charge in [-0.25, -0.2) is 0 Å². The van der Waals surface area contributed by atoms with E-state index < -0.39 is 0 Å². The van der Waals surface area contributed by atoms with E-state index in [0.29, 0.717) is 0 Å². The average molecular weight is 260 g/mol. The number of methoxy groups -OCH3 is 1. The van der Waals surface area contributed by atoms with E-state index in [1.807, 2.05) is 30.5 Å². The molecule has 0 bridgehead atoms. The lowest BCUT2D eigenvalue weighted by molar-refractivity contribution is 0.414. The van der Waals surface area contributed by atoms with Crippen molar-refractivity contribution in [2.45, 2.75) is 17.6 Å². The molecule has 0 radical (unpaired) electrons. The van der Waals surface area contributed by atoms with Crippen LogP contribution in [0.4, 0.5) is 5.69 Å². The number of aromatic nitrogens is 1. The number of rotatable bonds is 4. The van der Waals surface area contributed by atoms with Gasteiger partial charge in [0.05, 0.1) is 12.8 Å². The molecule has 0 aliphatic rings. The number of thioether (sulfide) groups is 1. The monoisotopic (exact) mass is 260 g/mol. The number of nitrogens with zero attached hydrogens (tertiary/aromatic N) is 1. The van der Waals surface area contributed by atoms with E-state index >= 15 is 0 Å². The minimum atomic E-state index is 0.773. The van der Waals surface area contributed by atoms with E-state index in [0.717, 1.165) is 27.8 Å². The van der Waals surface area contributed by atoms with E-state index in [-0.39, 0.29) is 0 Å². The van der Waals surface area contributed by atoms with Gasteiger partial charge in [-0.15, -0.1) is 11.8 Å². The Balaban J connectivity index is 2.13. The van der Waals surface area contributed by atoms with Crippen LogP contribution in [0.1, 0.15) is 11.3 Å². The molecule has 0 aliphatic heterocycles. The number of pyridine rings is 1. The van der Waals surface area contributed by atoms with Crippen LogP contribution in [0.25, 0.3) is 0 Å². The summed E-state index contributed by atoms with van der Waals surface area (Å²) in [6.45, 7) is 2.07. The first-order valence-electron chi connectivity index (χ1n) is 5.67. The molecule has 0 atom stereocenters. The standard InChI is InChI=1S/C14H16N2OS/c1-10-4-3-7-16-13(10)9-18-14-8-11(17-2)5-6-12(14)15/h3-8H,9,15H2,1-2H3. The van der Waals surface area contributed by atoms with Gasteiger partial charge >= 0.3 is 0 Å². The summed E-state index contributed by atoms with van der Waals surface area (Å²) in [5.41, 5.74) is 9.01. The molecule has 2 aromatic rings. The highest BCUT2D eigenvalue weighted by Gasteiger charge is 2.05. The average Bonchev–Trinajstić information content (AvgIpc) is 2.39. The van der Waals surface area contributed by atoms with Crippen molar-refractivity contribution in [1.82, 2.24) is 4.98 Å². The van der Waals surface area contributed by atoms with Crippen LogP contribution in [-0.4, -0.2) is 12.1 Å². The topological polar surface area (TPSA) is 48.1 Å². The number of benzene rings is 1. The lowest BCUT2D eigenvalue weighted by Gasteiger charge is -2.08. The van der Waals surface area contributed by atoms with E-state index in [1.165, 1.54) is 5.56 Å². The Bertz CT molecular complexity index is 543. The van der Waals surface area contributed by atoms with Crippen LogP contribution in [0.15, 0.2) is 41.4 Å². The van der Waals surface area contributed by atoms with Gasteiger partial charge in [0.25, 0.3) is 0 Å². The van der Waals surface area contributed by atoms with Gasteiger partial charge < -0.3 is 10.5 Å². The molecular weight excluding hydrogens is 244 g/mol. The summed E-state index contributed by atoms with van der Waals surface area (Å²) in [6, 6.07) is 9.71. The molecule has 1 aromatic heterocycles. The normalized spacial score (nSPS) is 10.3. The molecular formula is C14H16N2OS. The zero-order chi connectivity index (χ0) is 13.0. The number of hydrogen-bond acceptors (Lipinski definition) is 4. The number of anilines is 1. The summed E-state index contributed by atoms with van der Waals surface area (Å²) in [5.74, 6) is 1.63. The first kappa shape index (κ1) is 12.8. The Kier molecular flexibility index (Phi) is 4.10. The van der Waals surface area contributed by atoms with Crippen LogP contribution in [-0.2, 0) is 5.75 Å². The Morgan fingerprint density at radius 2 is 2.17 bits per heavy atom. The minimum Gasteiger partial charge on any atom is -0.497 e. The first-order chi connectivity index (χ1) is 8.70. The molecule has 0 aliphatic carbocycles. The van der Waals surface area contributed by atoms with Crippen LogP contribution in [0.5, 0.6) is 5.75 Å². The molecule has 18 heavy (non-hydrogen) atoms. The molecule has 0 saturated heterocycles. The van der Waals surface area contributed by atoms with Crippen molar-refractivity contribution in [1.29, 1.82) is 0 Å². The van der Waals surface area contributed by atoms with Crippen LogP contribution >= 0.6 is 11.8 Å². The fraction of sp³-hybridized carbons (Fsp3) is 0.214. The highest BCUT2D eigenvalue weighted by atomic mass is 32.2. The largest absolute Gasteiger partial charge is 0.497 e. The SMILES string of the molecule is COc1ccc(N)c(SCc2ncccc2C)c1. The number of nitrogen functional groups attached to an aromatic ring is 1. The second-order valence-corrected chi connectivity index (χ2v) is 4.98. The summed E-state index contributed by atoms with van der Waals surface area (Å²) < 4.78 is 5.20. The van der Waals surface area contributed by atoms with E-state index in [4.69, 9.17) is 10.5 Å². The van der Waals surface area contributed by atoms with Crippen molar-refractivity contribution >= 4 is 17.4 Å². The fourth-order valence-corrected chi connectivity index (χ4v) is 2.61. The minimum absolute atomic E-state index is 0.773. The summed E-state index contributed by atoms with van der Waals surface area (Å²) in [4.78, 5) is 5.40. The zero-order valence-corrected chi connectivity index (χ0v) is 11.3. The molecule has 0 fully saturated rings. The first-order valence-corrected chi connectivity index (χ1v) is 6.66. The molecule has 2 N–H and O–H groups in total. The van der Waals surface area contributed by atoms with Crippen LogP contribution in [0.2, 0.25) is 0 Å².